The Morgan fingerprint density at radius 3 is 2.86 bits per heavy atom. The van der Waals surface area contributed by atoms with Crippen molar-refractivity contribution in [2.24, 2.45) is 5.73 Å². The molecule has 2 heterocycles. The predicted molar refractivity (Wildman–Crippen MR) is 55.1 cm³/mol. The molecule has 1 aliphatic rings. The Balaban J connectivity index is 1.98. The van der Waals surface area contributed by atoms with E-state index in [2.05, 4.69) is 9.88 Å². The number of carbonyl (C=O) groups excluding carboxylic acids is 1. The van der Waals surface area contributed by atoms with E-state index in [0.29, 0.717) is 5.69 Å². The molecule has 4 nitrogen and oxygen atoms in total. The summed E-state index contributed by atoms with van der Waals surface area (Å²) in [6.07, 6.45) is 2.54. The molecule has 5 heteroatoms. The monoisotopic (exact) mass is 211 g/mol. The summed E-state index contributed by atoms with van der Waals surface area (Å²) in [5.74, 6) is -0.436. The van der Waals surface area contributed by atoms with Gasteiger partial charge in [-0.05, 0) is 25.9 Å². The number of rotatable bonds is 3. The topological polar surface area (TPSA) is 59.2 Å². The smallest absolute Gasteiger partial charge is 0.268 e. The van der Waals surface area contributed by atoms with E-state index in [4.69, 9.17) is 5.73 Å². The molecule has 0 unspecified atom stereocenters. The van der Waals surface area contributed by atoms with Crippen LogP contribution in [-0.4, -0.2) is 28.9 Å². The van der Waals surface area contributed by atoms with Crippen molar-refractivity contribution in [2.75, 3.05) is 13.1 Å². The van der Waals surface area contributed by atoms with E-state index in [-0.39, 0.29) is 0 Å². The second-order valence-electron chi connectivity index (χ2n) is 3.47. The van der Waals surface area contributed by atoms with Crippen LogP contribution in [0.1, 0.15) is 28.3 Å². The SMILES string of the molecule is NC(=O)c1csc(CN2CCCC2)n1. The van der Waals surface area contributed by atoms with E-state index in [1.54, 1.807) is 5.38 Å². The first-order chi connectivity index (χ1) is 6.75. The summed E-state index contributed by atoms with van der Waals surface area (Å²) in [5, 5.41) is 2.72. The normalized spacial score (nSPS) is 17.4. The van der Waals surface area contributed by atoms with Gasteiger partial charge in [0.25, 0.3) is 5.91 Å². The van der Waals surface area contributed by atoms with Gasteiger partial charge in [0.2, 0.25) is 0 Å². The quantitative estimate of drug-likeness (QED) is 0.806. The fraction of sp³-hybridized carbons (Fsp3) is 0.556. The van der Waals surface area contributed by atoms with E-state index < -0.39 is 5.91 Å². The van der Waals surface area contributed by atoms with Crippen LogP contribution >= 0.6 is 11.3 Å². The molecule has 0 aliphatic carbocycles. The van der Waals surface area contributed by atoms with Crippen molar-refractivity contribution in [2.45, 2.75) is 19.4 Å². The highest BCUT2D eigenvalue weighted by Crippen LogP contribution is 2.15. The summed E-state index contributed by atoms with van der Waals surface area (Å²) in [6.45, 7) is 3.15. The minimum atomic E-state index is -0.436. The van der Waals surface area contributed by atoms with Crippen molar-refractivity contribution in [1.82, 2.24) is 9.88 Å². The Morgan fingerprint density at radius 2 is 2.29 bits per heavy atom. The summed E-state index contributed by atoms with van der Waals surface area (Å²) in [5.41, 5.74) is 5.52. The third-order valence-electron chi connectivity index (χ3n) is 2.36. The second-order valence-corrected chi connectivity index (χ2v) is 4.42. The number of nitrogens with zero attached hydrogens (tertiary/aromatic N) is 2. The van der Waals surface area contributed by atoms with Gasteiger partial charge < -0.3 is 5.73 Å². The molecule has 0 bridgehead atoms. The Kier molecular flexibility index (Phi) is 2.79. The number of thiazole rings is 1. The molecule has 1 aliphatic heterocycles. The molecule has 0 atom stereocenters. The van der Waals surface area contributed by atoms with Gasteiger partial charge in [0, 0.05) is 5.38 Å². The zero-order chi connectivity index (χ0) is 9.97. The number of likely N-dealkylation sites (tertiary alicyclic amines) is 1. The lowest BCUT2D eigenvalue weighted by Crippen LogP contribution is -2.18. The molecule has 2 N–H and O–H groups in total. The summed E-state index contributed by atoms with van der Waals surface area (Å²) >= 11 is 1.51. The number of hydrogen-bond acceptors (Lipinski definition) is 4. The maximum atomic E-state index is 10.8. The lowest BCUT2D eigenvalue weighted by atomic mass is 10.4. The van der Waals surface area contributed by atoms with E-state index in [0.717, 1.165) is 24.6 Å². The largest absolute Gasteiger partial charge is 0.364 e. The Bertz CT molecular complexity index is 331. The molecule has 1 fully saturated rings. The van der Waals surface area contributed by atoms with Gasteiger partial charge in [0.15, 0.2) is 0 Å². The maximum absolute atomic E-state index is 10.8. The summed E-state index contributed by atoms with van der Waals surface area (Å²) < 4.78 is 0. The van der Waals surface area contributed by atoms with Crippen molar-refractivity contribution >= 4 is 17.2 Å². The van der Waals surface area contributed by atoms with E-state index in [1.807, 2.05) is 0 Å². The first-order valence-corrected chi connectivity index (χ1v) is 5.60. The summed E-state index contributed by atoms with van der Waals surface area (Å²) in [4.78, 5) is 17.3. The Morgan fingerprint density at radius 1 is 1.57 bits per heavy atom. The average Bonchev–Trinajstić information content (AvgIpc) is 2.75. The van der Waals surface area contributed by atoms with Crippen LogP contribution in [0.25, 0.3) is 0 Å². The minimum Gasteiger partial charge on any atom is -0.364 e. The van der Waals surface area contributed by atoms with E-state index in [1.165, 1.54) is 24.2 Å². The predicted octanol–water partition coefficient (Wildman–Crippen LogP) is 0.838. The van der Waals surface area contributed by atoms with Crippen LogP contribution in [0.15, 0.2) is 5.38 Å². The molecular weight excluding hydrogens is 198 g/mol. The van der Waals surface area contributed by atoms with Crippen molar-refractivity contribution in [1.29, 1.82) is 0 Å². The summed E-state index contributed by atoms with van der Waals surface area (Å²) in [6, 6.07) is 0. The highest BCUT2D eigenvalue weighted by molar-refractivity contribution is 7.09. The number of carbonyl (C=O) groups is 1. The molecule has 1 aromatic rings. The van der Waals surface area contributed by atoms with Crippen LogP contribution in [0.2, 0.25) is 0 Å². The van der Waals surface area contributed by atoms with Crippen molar-refractivity contribution in [3.8, 4) is 0 Å². The van der Waals surface area contributed by atoms with Crippen LogP contribution in [0.5, 0.6) is 0 Å². The number of primary amides is 1. The molecule has 0 saturated carbocycles. The van der Waals surface area contributed by atoms with Crippen LogP contribution in [0.4, 0.5) is 0 Å². The third kappa shape index (κ3) is 2.10. The fourth-order valence-electron chi connectivity index (χ4n) is 1.63. The van der Waals surface area contributed by atoms with Crippen LogP contribution < -0.4 is 5.73 Å². The lowest BCUT2D eigenvalue weighted by molar-refractivity contribution is 0.0996. The molecular formula is C9H13N3OS. The van der Waals surface area contributed by atoms with Crippen LogP contribution in [0, 0.1) is 0 Å². The van der Waals surface area contributed by atoms with Gasteiger partial charge in [-0.25, -0.2) is 4.98 Å². The van der Waals surface area contributed by atoms with Crippen LogP contribution in [0.3, 0.4) is 0 Å². The van der Waals surface area contributed by atoms with Gasteiger partial charge in [0.05, 0.1) is 6.54 Å². The zero-order valence-corrected chi connectivity index (χ0v) is 8.72. The zero-order valence-electron chi connectivity index (χ0n) is 7.90. The molecule has 0 spiro atoms. The third-order valence-corrected chi connectivity index (χ3v) is 3.20. The molecule has 0 aromatic carbocycles. The first-order valence-electron chi connectivity index (χ1n) is 4.72. The second kappa shape index (κ2) is 4.06. The number of hydrogen-bond donors (Lipinski definition) is 1. The molecule has 1 saturated heterocycles. The molecule has 14 heavy (non-hydrogen) atoms. The molecule has 1 amide bonds. The first kappa shape index (κ1) is 9.61. The van der Waals surface area contributed by atoms with E-state index in [9.17, 15) is 4.79 Å². The lowest BCUT2D eigenvalue weighted by Gasteiger charge is -2.11. The number of amides is 1. The molecule has 76 valence electrons. The van der Waals surface area contributed by atoms with Crippen LogP contribution in [-0.2, 0) is 6.54 Å². The van der Waals surface area contributed by atoms with Gasteiger partial charge in [0.1, 0.15) is 10.7 Å². The van der Waals surface area contributed by atoms with Gasteiger partial charge in [-0.2, -0.15) is 0 Å². The van der Waals surface area contributed by atoms with Gasteiger partial charge in [-0.1, -0.05) is 0 Å². The maximum Gasteiger partial charge on any atom is 0.268 e. The van der Waals surface area contributed by atoms with E-state index >= 15 is 0 Å². The van der Waals surface area contributed by atoms with Gasteiger partial charge in [-0.15, -0.1) is 11.3 Å². The van der Waals surface area contributed by atoms with Crippen molar-refractivity contribution in [3.05, 3.63) is 16.1 Å². The number of nitrogens with two attached hydrogens (primary N) is 1. The molecule has 1 aromatic heterocycles. The average molecular weight is 211 g/mol. The Hall–Kier alpha value is -0.940. The minimum absolute atomic E-state index is 0.393. The Labute approximate surface area is 86.7 Å². The highest BCUT2D eigenvalue weighted by atomic mass is 32.1. The molecule has 2 rings (SSSR count). The fourth-order valence-corrected chi connectivity index (χ4v) is 2.45. The standard InChI is InChI=1S/C9H13N3OS/c10-9(13)7-6-14-8(11-7)5-12-3-1-2-4-12/h6H,1-5H2,(H2,10,13). The highest BCUT2D eigenvalue weighted by Gasteiger charge is 2.14. The molecule has 0 radical (unpaired) electrons. The van der Waals surface area contributed by atoms with Crippen molar-refractivity contribution in [3.63, 3.8) is 0 Å². The van der Waals surface area contributed by atoms with Gasteiger partial charge >= 0.3 is 0 Å². The van der Waals surface area contributed by atoms with Crippen molar-refractivity contribution < 1.29 is 4.79 Å². The number of aromatic nitrogens is 1. The van der Waals surface area contributed by atoms with Gasteiger partial charge in [-0.3, -0.25) is 9.69 Å². The summed E-state index contributed by atoms with van der Waals surface area (Å²) in [7, 11) is 0.